The lowest BCUT2D eigenvalue weighted by atomic mass is 9.85. The summed E-state index contributed by atoms with van der Waals surface area (Å²) in [7, 11) is 0. The fraction of sp³-hybridized carbons (Fsp3) is 0.400. The van der Waals surface area contributed by atoms with E-state index in [9.17, 15) is 19.2 Å². The van der Waals surface area contributed by atoms with E-state index in [1.54, 1.807) is 24.3 Å². The molecule has 2 amide bonds. The van der Waals surface area contributed by atoms with Gasteiger partial charge >= 0.3 is 5.97 Å². The minimum absolute atomic E-state index is 0.0867. The first kappa shape index (κ1) is 18.1. The molecule has 27 heavy (non-hydrogen) atoms. The van der Waals surface area contributed by atoms with E-state index in [1.165, 1.54) is 6.92 Å². The SMILES string of the molecule is C[C@H](C(=O)OCC(=O)c1ccc(Br)cc1)N1C(=O)[C@@H]2[C@H](C1=O)[C@H]1C=C[C@@H]2C1. The fourth-order valence-corrected chi connectivity index (χ4v) is 4.65. The lowest BCUT2D eigenvalue weighted by Gasteiger charge is -2.23. The largest absolute Gasteiger partial charge is 0.456 e. The van der Waals surface area contributed by atoms with E-state index in [2.05, 4.69) is 15.9 Å². The van der Waals surface area contributed by atoms with E-state index < -0.39 is 18.6 Å². The molecule has 1 saturated heterocycles. The first-order valence-electron chi connectivity index (χ1n) is 8.89. The zero-order chi connectivity index (χ0) is 19.3. The van der Waals surface area contributed by atoms with Crippen molar-refractivity contribution in [1.82, 2.24) is 4.90 Å². The number of esters is 1. The molecule has 1 heterocycles. The van der Waals surface area contributed by atoms with Crippen LogP contribution in [0.3, 0.4) is 0 Å². The van der Waals surface area contributed by atoms with Gasteiger partial charge in [0.05, 0.1) is 11.8 Å². The van der Waals surface area contributed by atoms with Crippen LogP contribution in [-0.4, -0.2) is 41.1 Å². The molecule has 7 heteroatoms. The van der Waals surface area contributed by atoms with Gasteiger partial charge in [-0.1, -0.05) is 40.2 Å². The molecule has 1 aromatic rings. The van der Waals surface area contributed by atoms with Crippen molar-refractivity contribution in [2.24, 2.45) is 23.7 Å². The number of imide groups is 1. The van der Waals surface area contributed by atoms with Crippen LogP contribution in [0.5, 0.6) is 0 Å². The van der Waals surface area contributed by atoms with Gasteiger partial charge in [-0.25, -0.2) is 4.79 Å². The van der Waals surface area contributed by atoms with Gasteiger partial charge in [0, 0.05) is 10.0 Å². The number of hydrogen-bond donors (Lipinski definition) is 0. The Morgan fingerprint density at radius 2 is 1.67 bits per heavy atom. The van der Waals surface area contributed by atoms with Crippen molar-refractivity contribution >= 4 is 39.5 Å². The number of likely N-dealkylation sites (tertiary alicyclic amines) is 1. The van der Waals surface area contributed by atoms with Gasteiger partial charge in [0.2, 0.25) is 11.8 Å². The van der Waals surface area contributed by atoms with Crippen molar-refractivity contribution in [1.29, 1.82) is 0 Å². The van der Waals surface area contributed by atoms with Crippen LogP contribution in [0.1, 0.15) is 23.7 Å². The molecule has 5 atom stereocenters. The summed E-state index contributed by atoms with van der Waals surface area (Å²) < 4.78 is 5.93. The number of carbonyl (C=O) groups is 4. The zero-order valence-corrected chi connectivity index (χ0v) is 16.2. The summed E-state index contributed by atoms with van der Waals surface area (Å²) in [5.41, 5.74) is 0.421. The summed E-state index contributed by atoms with van der Waals surface area (Å²) in [4.78, 5) is 51.0. The second-order valence-corrected chi connectivity index (χ2v) is 8.18. The second-order valence-electron chi connectivity index (χ2n) is 7.26. The van der Waals surface area contributed by atoms with Crippen LogP contribution in [0.4, 0.5) is 0 Å². The summed E-state index contributed by atoms with van der Waals surface area (Å²) in [6.45, 7) is 1.04. The lowest BCUT2D eigenvalue weighted by Crippen LogP contribution is -2.45. The predicted octanol–water partition coefficient (Wildman–Crippen LogP) is 2.37. The number of carbonyl (C=O) groups excluding carboxylic acids is 4. The fourth-order valence-electron chi connectivity index (χ4n) is 4.39. The zero-order valence-electron chi connectivity index (χ0n) is 14.6. The summed E-state index contributed by atoms with van der Waals surface area (Å²) >= 11 is 3.29. The van der Waals surface area contributed by atoms with Crippen molar-refractivity contribution in [2.45, 2.75) is 19.4 Å². The normalized spacial score (nSPS) is 29.2. The maximum Gasteiger partial charge on any atom is 0.329 e. The van der Waals surface area contributed by atoms with Crippen LogP contribution in [0.2, 0.25) is 0 Å². The third-order valence-electron chi connectivity index (χ3n) is 5.74. The minimum Gasteiger partial charge on any atom is -0.456 e. The second kappa shape index (κ2) is 6.71. The number of amides is 2. The molecule has 2 aliphatic carbocycles. The van der Waals surface area contributed by atoms with E-state index in [0.29, 0.717) is 5.56 Å². The molecule has 0 unspecified atom stereocenters. The van der Waals surface area contributed by atoms with Crippen molar-refractivity contribution in [2.75, 3.05) is 6.61 Å². The third kappa shape index (κ3) is 2.94. The Hall–Kier alpha value is -2.28. The highest BCUT2D eigenvalue weighted by Crippen LogP contribution is 2.52. The molecule has 2 fully saturated rings. The standard InChI is InChI=1S/C20H18BrNO5/c1-10(20(26)27-9-15(23)11-4-6-14(21)7-5-11)22-18(24)16-12-2-3-13(8-12)17(16)19(22)25/h2-7,10,12-13,16-17H,8-9H2,1H3/t10-,12-,13+,16+,17-/m1/s1. The van der Waals surface area contributed by atoms with Crippen LogP contribution in [-0.2, 0) is 19.1 Å². The Morgan fingerprint density at radius 1 is 1.11 bits per heavy atom. The molecule has 6 nitrogen and oxygen atoms in total. The Kier molecular flexibility index (Phi) is 4.50. The maximum atomic E-state index is 12.7. The summed E-state index contributed by atoms with van der Waals surface area (Å²) in [5, 5.41) is 0. The molecule has 2 bridgehead atoms. The van der Waals surface area contributed by atoms with Crippen LogP contribution in [0.25, 0.3) is 0 Å². The van der Waals surface area contributed by atoms with Crippen LogP contribution in [0.15, 0.2) is 40.9 Å². The molecule has 0 aromatic heterocycles. The summed E-state index contributed by atoms with van der Waals surface area (Å²) in [6.07, 6.45) is 4.84. The number of halogens is 1. The highest BCUT2D eigenvalue weighted by Gasteiger charge is 2.60. The number of fused-ring (bicyclic) bond motifs is 5. The quantitative estimate of drug-likeness (QED) is 0.309. The van der Waals surface area contributed by atoms with Gasteiger partial charge in [-0.15, -0.1) is 0 Å². The van der Waals surface area contributed by atoms with Crippen LogP contribution >= 0.6 is 15.9 Å². The van der Waals surface area contributed by atoms with E-state index in [4.69, 9.17) is 4.74 Å². The van der Waals surface area contributed by atoms with Gasteiger partial charge in [0.15, 0.2) is 12.4 Å². The monoisotopic (exact) mass is 431 g/mol. The van der Waals surface area contributed by atoms with Crippen molar-refractivity contribution < 1.29 is 23.9 Å². The van der Waals surface area contributed by atoms with Gasteiger partial charge in [-0.3, -0.25) is 19.3 Å². The molecule has 0 radical (unpaired) electrons. The van der Waals surface area contributed by atoms with Crippen LogP contribution in [0, 0.1) is 23.7 Å². The third-order valence-corrected chi connectivity index (χ3v) is 6.27. The first-order valence-corrected chi connectivity index (χ1v) is 9.68. The highest BCUT2D eigenvalue weighted by molar-refractivity contribution is 9.10. The lowest BCUT2D eigenvalue weighted by molar-refractivity contribution is -0.157. The maximum absolute atomic E-state index is 12.7. The predicted molar refractivity (Wildman–Crippen MR) is 98.5 cm³/mol. The summed E-state index contributed by atoms with van der Waals surface area (Å²) in [5.74, 6) is -2.23. The van der Waals surface area contributed by atoms with Gasteiger partial charge in [0.25, 0.3) is 0 Å². The molecule has 1 aromatic carbocycles. The number of rotatable bonds is 5. The number of ether oxygens (including phenoxy) is 1. The molecular weight excluding hydrogens is 414 g/mol. The Labute approximate surface area is 164 Å². The number of benzene rings is 1. The Bertz CT molecular complexity index is 832. The average molecular weight is 432 g/mol. The number of allylic oxidation sites excluding steroid dienone is 2. The van der Waals surface area contributed by atoms with Gasteiger partial charge in [0.1, 0.15) is 6.04 Å². The summed E-state index contributed by atoms with van der Waals surface area (Å²) in [6, 6.07) is 5.66. The van der Waals surface area contributed by atoms with Gasteiger partial charge in [-0.05, 0) is 37.3 Å². The molecular formula is C20H18BrNO5. The molecule has 3 aliphatic rings. The van der Waals surface area contributed by atoms with E-state index >= 15 is 0 Å². The molecule has 1 saturated carbocycles. The molecule has 4 rings (SSSR count). The number of ketones is 1. The molecule has 0 N–H and O–H groups in total. The van der Waals surface area contributed by atoms with E-state index in [0.717, 1.165) is 15.8 Å². The number of Topliss-reactive ketones (excluding diaryl/α,β-unsaturated/α-hetero) is 1. The van der Waals surface area contributed by atoms with Crippen LogP contribution < -0.4 is 0 Å². The Morgan fingerprint density at radius 3 is 2.22 bits per heavy atom. The van der Waals surface area contributed by atoms with Gasteiger partial charge < -0.3 is 4.74 Å². The number of hydrogen-bond acceptors (Lipinski definition) is 5. The molecule has 1 aliphatic heterocycles. The minimum atomic E-state index is -1.03. The topological polar surface area (TPSA) is 80.8 Å². The number of nitrogens with zero attached hydrogens (tertiary/aromatic N) is 1. The van der Waals surface area contributed by atoms with E-state index in [1.807, 2.05) is 12.2 Å². The smallest absolute Gasteiger partial charge is 0.329 e. The van der Waals surface area contributed by atoms with Crippen molar-refractivity contribution in [3.8, 4) is 0 Å². The molecule has 0 spiro atoms. The Balaban J connectivity index is 1.39. The van der Waals surface area contributed by atoms with Crippen molar-refractivity contribution in [3.05, 3.63) is 46.5 Å². The van der Waals surface area contributed by atoms with Crippen molar-refractivity contribution in [3.63, 3.8) is 0 Å². The highest BCUT2D eigenvalue weighted by atomic mass is 79.9. The average Bonchev–Trinajstić information content (AvgIpc) is 3.33. The molecule has 140 valence electrons. The van der Waals surface area contributed by atoms with E-state index in [-0.39, 0.29) is 41.3 Å². The first-order chi connectivity index (χ1) is 12.9. The van der Waals surface area contributed by atoms with Gasteiger partial charge in [-0.2, -0.15) is 0 Å².